The number of halogens is 1. The lowest BCUT2D eigenvalue weighted by Crippen LogP contribution is -2.35. The Morgan fingerprint density at radius 3 is 2.59 bits per heavy atom. The Bertz CT molecular complexity index is 1920. The number of para-hydroxylation sites is 1. The lowest BCUT2D eigenvalue weighted by atomic mass is 10.3. The quantitative estimate of drug-likeness (QED) is 0.333. The molecule has 1 fully saturated rings. The van der Waals surface area contributed by atoms with Gasteiger partial charge in [0, 0.05) is 24.8 Å². The summed E-state index contributed by atoms with van der Waals surface area (Å²) in [6.07, 6.45) is 7.66. The van der Waals surface area contributed by atoms with E-state index in [1.807, 2.05) is 103 Å². The van der Waals surface area contributed by atoms with Crippen LogP contribution >= 0.6 is 46.0 Å². The monoisotopic (exact) mass is 592 g/mol. The van der Waals surface area contributed by atoms with Crippen molar-refractivity contribution in [3.05, 3.63) is 97.5 Å². The van der Waals surface area contributed by atoms with Crippen molar-refractivity contribution >= 4 is 88.7 Å². The van der Waals surface area contributed by atoms with Crippen LogP contribution in [0.5, 0.6) is 0 Å². The minimum atomic E-state index is -0.204. The topological polar surface area (TPSA) is 61.8 Å². The third-order valence-corrected chi connectivity index (χ3v) is 10.1. The number of nitrogens with zero attached hydrogens (tertiary/aromatic N) is 5. The summed E-state index contributed by atoms with van der Waals surface area (Å²) in [7, 11) is 3.86. The van der Waals surface area contributed by atoms with E-state index in [0.29, 0.717) is 36.5 Å². The highest BCUT2D eigenvalue weighted by Crippen LogP contribution is 2.38. The fourth-order valence-corrected chi connectivity index (χ4v) is 8.25. The minimum absolute atomic E-state index is 0.107. The Morgan fingerprint density at radius 1 is 1.05 bits per heavy atom. The molecule has 1 saturated heterocycles. The van der Waals surface area contributed by atoms with Gasteiger partial charge in [-0.05, 0) is 77.5 Å². The minimum Gasteiger partial charge on any atom is -0.350 e. The van der Waals surface area contributed by atoms with Crippen LogP contribution in [-0.2, 0) is 18.4 Å². The first-order valence-corrected chi connectivity index (χ1v) is 15.0. The molecule has 2 aromatic carbocycles. The van der Waals surface area contributed by atoms with E-state index in [9.17, 15) is 9.59 Å². The number of benzene rings is 2. The van der Waals surface area contributed by atoms with Crippen molar-refractivity contribution in [1.82, 2.24) is 9.47 Å². The first-order valence-electron chi connectivity index (χ1n) is 12.2. The Labute approximate surface area is 241 Å². The number of thioether (sulfide) groups is 1. The lowest BCUT2D eigenvalue weighted by Gasteiger charge is -2.16. The summed E-state index contributed by atoms with van der Waals surface area (Å²) in [5.41, 5.74) is 2.42. The van der Waals surface area contributed by atoms with E-state index in [1.54, 1.807) is 9.47 Å². The molecule has 0 unspecified atom stereocenters. The number of aryl methyl sites for hydroxylation is 1. The molecule has 2 aliphatic heterocycles. The molecule has 196 valence electrons. The number of hydrogen-bond acceptors (Lipinski definition) is 7. The van der Waals surface area contributed by atoms with Crippen LogP contribution in [-0.4, -0.2) is 27.6 Å². The standard InChI is InChI=1S/C28H23ClN5O2S3/c1-4-33-24(35)22(20-12-8-9-15-31(20)2)38-26(33)23-25(36)34(18-10-6-5-7-11-18)28(39-23)30-27-32(3)19-14-13-17(29)16-21(19)37-27/h5-16H,4H2,1-3H3/q+1/b22-20-,26-23-. The number of anilines is 1. The van der Waals surface area contributed by atoms with Gasteiger partial charge >= 0.3 is 5.13 Å². The highest BCUT2D eigenvalue weighted by Gasteiger charge is 2.40. The molecule has 4 aromatic rings. The molecule has 7 nitrogen and oxygen atoms in total. The van der Waals surface area contributed by atoms with E-state index in [1.165, 1.54) is 34.4 Å². The molecule has 0 spiro atoms. The summed E-state index contributed by atoms with van der Waals surface area (Å²) in [5.74, 6) is -0.204. The van der Waals surface area contributed by atoms with E-state index in [0.717, 1.165) is 21.0 Å². The van der Waals surface area contributed by atoms with Crippen LogP contribution in [0.1, 0.15) is 6.92 Å². The average molecular weight is 593 g/mol. The van der Waals surface area contributed by atoms with Crippen LogP contribution in [0.25, 0.3) is 20.8 Å². The third-order valence-electron chi connectivity index (χ3n) is 6.44. The van der Waals surface area contributed by atoms with Gasteiger partial charge in [0.2, 0.25) is 0 Å². The van der Waals surface area contributed by atoms with Gasteiger partial charge in [-0.25, -0.2) is 9.47 Å². The van der Waals surface area contributed by atoms with Crippen molar-refractivity contribution in [3.8, 4) is 0 Å². The number of amidine groups is 1. The van der Waals surface area contributed by atoms with Gasteiger partial charge in [-0.1, -0.05) is 35.9 Å². The number of fused-ring (bicyclic) bond motifs is 1. The van der Waals surface area contributed by atoms with Crippen molar-refractivity contribution < 1.29 is 9.36 Å². The summed E-state index contributed by atoms with van der Waals surface area (Å²) in [5, 5.41) is 1.93. The van der Waals surface area contributed by atoms with Crippen LogP contribution < -0.4 is 24.2 Å². The second-order valence-corrected chi connectivity index (χ2v) is 12.3. The summed E-state index contributed by atoms with van der Waals surface area (Å²) in [4.78, 5) is 36.6. The maximum absolute atomic E-state index is 14.1. The maximum Gasteiger partial charge on any atom is 0.385 e. The Hall–Kier alpha value is -3.44. The van der Waals surface area contributed by atoms with Gasteiger partial charge in [0.15, 0.2) is 0 Å². The molecule has 0 radical (unpaired) electrons. The van der Waals surface area contributed by atoms with Crippen LogP contribution in [0.3, 0.4) is 0 Å². The molecule has 0 atom stereocenters. The van der Waals surface area contributed by atoms with Crippen LogP contribution in [0, 0.1) is 0 Å². The van der Waals surface area contributed by atoms with Crippen molar-refractivity contribution in [3.63, 3.8) is 0 Å². The van der Waals surface area contributed by atoms with Crippen LogP contribution in [0.4, 0.5) is 10.8 Å². The number of carbonyl (C=O) groups is 1. The van der Waals surface area contributed by atoms with Crippen molar-refractivity contribution in [2.75, 3.05) is 11.9 Å². The Morgan fingerprint density at radius 2 is 1.85 bits per heavy atom. The van der Waals surface area contributed by atoms with Crippen LogP contribution in [0.2, 0.25) is 5.02 Å². The zero-order valence-electron chi connectivity index (χ0n) is 21.3. The molecule has 1 amide bonds. The van der Waals surface area contributed by atoms with Gasteiger partial charge in [-0.2, -0.15) is 0 Å². The van der Waals surface area contributed by atoms with E-state index < -0.39 is 0 Å². The number of thiazole rings is 2. The lowest BCUT2D eigenvalue weighted by molar-refractivity contribution is -0.627. The van der Waals surface area contributed by atoms with E-state index in [4.69, 9.17) is 16.6 Å². The molecule has 4 heterocycles. The van der Waals surface area contributed by atoms with Gasteiger partial charge in [0.05, 0.1) is 23.1 Å². The highest BCUT2D eigenvalue weighted by molar-refractivity contribution is 8.23. The summed E-state index contributed by atoms with van der Waals surface area (Å²) >= 11 is 10.4. The van der Waals surface area contributed by atoms with Crippen molar-refractivity contribution in [2.24, 2.45) is 12.0 Å². The molecule has 2 aliphatic rings. The maximum atomic E-state index is 14.1. The second kappa shape index (κ2) is 10.3. The third kappa shape index (κ3) is 4.47. The first-order chi connectivity index (χ1) is 18.9. The van der Waals surface area contributed by atoms with Gasteiger partial charge < -0.3 is 4.90 Å². The fourth-order valence-electron chi connectivity index (χ4n) is 4.47. The zero-order valence-corrected chi connectivity index (χ0v) is 24.5. The smallest absolute Gasteiger partial charge is 0.350 e. The molecule has 39 heavy (non-hydrogen) atoms. The summed E-state index contributed by atoms with van der Waals surface area (Å²) in [6.45, 7) is 2.37. The Kier molecular flexibility index (Phi) is 6.80. The van der Waals surface area contributed by atoms with Crippen molar-refractivity contribution in [2.45, 2.75) is 13.5 Å². The first kappa shape index (κ1) is 25.8. The molecule has 0 aliphatic carbocycles. The van der Waals surface area contributed by atoms with Gasteiger partial charge in [-0.15, -0.1) is 11.3 Å². The number of hydrogen-bond donors (Lipinski definition) is 0. The number of aliphatic imine (C=N–C) groups is 1. The predicted octanol–water partition coefficient (Wildman–Crippen LogP) is 4.32. The summed E-state index contributed by atoms with van der Waals surface area (Å²) < 4.78 is 5.92. The molecule has 0 N–H and O–H groups in total. The van der Waals surface area contributed by atoms with Gasteiger partial charge in [0.1, 0.15) is 19.6 Å². The molecule has 11 heteroatoms. The molecule has 6 rings (SSSR count). The highest BCUT2D eigenvalue weighted by atomic mass is 35.5. The zero-order chi connectivity index (χ0) is 27.3. The number of allylic oxidation sites excluding steroid dienone is 2. The molecular weight excluding hydrogens is 570 g/mol. The van der Waals surface area contributed by atoms with Crippen LogP contribution in [0.15, 0.2) is 82.7 Å². The normalized spacial score (nSPS) is 19.3. The van der Waals surface area contributed by atoms with Crippen molar-refractivity contribution in [1.29, 1.82) is 0 Å². The number of rotatable bonds is 3. The SMILES string of the molecule is CCn1c(=O)/c(=C2\C=CC=CN2C)s/c1=C1\S/C(=N\c2sc3cc(Cl)ccc3[n+]2C)N(c2ccccc2)C1=O. The average Bonchev–Trinajstić information content (AvgIpc) is 3.54. The molecule has 2 aromatic heterocycles. The largest absolute Gasteiger partial charge is 0.385 e. The fraction of sp³-hybridized carbons (Fsp3) is 0.143. The Balaban J connectivity index is 1.59. The number of amides is 1. The van der Waals surface area contributed by atoms with E-state index >= 15 is 0 Å². The van der Waals surface area contributed by atoms with E-state index in [-0.39, 0.29) is 11.5 Å². The number of likely N-dealkylation sites (N-methyl/N-ethyl adjacent to an activating group) is 1. The molecular formula is C28H23ClN5O2S3+. The number of aromatic nitrogens is 2. The van der Waals surface area contributed by atoms with Gasteiger partial charge in [0.25, 0.3) is 16.6 Å². The molecule has 0 saturated carbocycles. The van der Waals surface area contributed by atoms with Gasteiger partial charge in [-0.3, -0.25) is 14.2 Å². The predicted molar refractivity (Wildman–Crippen MR) is 163 cm³/mol. The number of carbonyl (C=O) groups excluding carboxylic acids is 1. The second-order valence-electron chi connectivity index (χ2n) is 8.84. The van der Waals surface area contributed by atoms with E-state index in [2.05, 4.69) is 0 Å². The summed E-state index contributed by atoms with van der Waals surface area (Å²) in [6, 6.07) is 15.2. The molecule has 0 bridgehead atoms.